The summed E-state index contributed by atoms with van der Waals surface area (Å²) in [5.41, 5.74) is 2.63. The van der Waals surface area contributed by atoms with E-state index >= 15 is 0 Å². The molecule has 0 radical (unpaired) electrons. The summed E-state index contributed by atoms with van der Waals surface area (Å²) >= 11 is 4.86. The molecule has 0 aliphatic rings. The van der Waals surface area contributed by atoms with Crippen LogP contribution in [0.5, 0.6) is 0 Å². The number of nitrogens with zero attached hydrogens (tertiary/aromatic N) is 1. The molecule has 0 aliphatic heterocycles. The zero-order chi connectivity index (χ0) is 8.72. The molecule has 0 N–H and O–H groups in total. The van der Waals surface area contributed by atoms with Crippen LogP contribution in [0.2, 0.25) is 0 Å². The fourth-order valence-electron chi connectivity index (χ4n) is 1.24. The quantitative estimate of drug-likeness (QED) is 0.624. The normalized spacial score (nSPS) is 10.8. The van der Waals surface area contributed by atoms with Gasteiger partial charge in [-0.1, -0.05) is 0 Å². The summed E-state index contributed by atoms with van der Waals surface area (Å²) in [7, 11) is 2.08. The van der Waals surface area contributed by atoms with E-state index in [1.54, 1.807) is 11.3 Å². The number of thiazole rings is 1. The van der Waals surface area contributed by atoms with Crippen LogP contribution >= 0.6 is 11.3 Å². The molecule has 1 nitrogen and oxygen atoms in total. The van der Waals surface area contributed by atoms with Crippen molar-refractivity contribution in [3.8, 4) is 0 Å². The number of aromatic nitrogens is 1. The van der Waals surface area contributed by atoms with Crippen LogP contribution in [0.15, 0.2) is 18.2 Å². The minimum absolute atomic E-state index is 1.23. The van der Waals surface area contributed by atoms with Crippen molar-refractivity contribution in [3.63, 3.8) is 0 Å². The van der Waals surface area contributed by atoms with E-state index in [-0.39, 0.29) is 0 Å². The Morgan fingerprint density at radius 1 is 1.42 bits per heavy atom. The van der Waals surface area contributed by atoms with Gasteiger partial charge in [0.15, 0.2) is 0 Å². The first-order chi connectivity index (χ1) is 5.68. The molecule has 0 spiro atoms. The van der Waals surface area contributed by atoms with E-state index in [2.05, 4.69) is 52.3 Å². The molecule has 0 aliphatic carbocycles. The Kier molecular flexibility index (Phi) is 1.95. The van der Waals surface area contributed by atoms with Gasteiger partial charge in [0, 0.05) is 0 Å². The van der Waals surface area contributed by atoms with Crippen LogP contribution < -0.4 is 0 Å². The van der Waals surface area contributed by atoms with Crippen molar-refractivity contribution in [2.24, 2.45) is 7.05 Å². The predicted molar refractivity (Wildman–Crippen MR) is 54.5 cm³/mol. The van der Waals surface area contributed by atoms with Crippen LogP contribution in [0.1, 0.15) is 5.56 Å². The standard InChI is InChI=1S/C9H9NSSe/c1-6-3-4-7-8(5-6)11-9(12)10(7)2/h3-5H,1-2H3. The zero-order valence-electron chi connectivity index (χ0n) is 7.00. The van der Waals surface area contributed by atoms with Gasteiger partial charge in [-0.2, -0.15) is 0 Å². The van der Waals surface area contributed by atoms with E-state index in [0.717, 1.165) is 0 Å². The van der Waals surface area contributed by atoms with Crippen molar-refractivity contribution in [2.45, 2.75) is 6.92 Å². The molecule has 1 aromatic heterocycles. The monoisotopic (exact) mass is 243 g/mol. The van der Waals surface area contributed by atoms with Gasteiger partial charge in [0.2, 0.25) is 0 Å². The van der Waals surface area contributed by atoms with Crippen LogP contribution in [0.4, 0.5) is 0 Å². The van der Waals surface area contributed by atoms with Crippen LogP contribution in [0.3, 0.4) is 0 Å². The summed E-state index contributed by atoms with van der Waals surface area (Å²) in [6, 6.07) is 6.54. The molecule has 0 fully saturated rings. The third kappa shape index (κ3) is 1.18. The first-order valence-electron chi connectivity index (χ1n) is 3.74. The van der Waals surface area contributed by atoms with E-state index in [0.29, 0.717) is 0 Å². The van der Waals surface area contributed by atoms with Crippen LogP contribution in [-0.4, -0.2) is 20.1 Å². The maximum absolute atomic E-state index is 3.06. The second kappa shape index (κ2) is 2.84. The first-order valence-corrected chi connectivity index (χ1v) is 5.42. The van der Waals surface area contributed by atoms with Gasteiger partial charge in [-0.3, -0.25) is 0 Å². The van der Waals surface area contributed by atoms with Crippen molar-refractivity contribution in [1.82, 2.24) is 4.57 Å². The van der Waals surface area contributed by atoms with Gasteiger partial charge >= 0.3 is 82.9 Å². The van der Waals surface area contributed by atoms with E-state index < -0.39 is 0 Å². The topological polar surface area (TPSA) is 4.93 Å². The third-order valence-electron chi connectivity index (χ3n) is 1.95. The van der Waals surface area contributed by atoms with Gasteiger partial charge in [-0.15, -0.1) is 0 Å². The van der Waals surface area contributed by atoms with E-state index in [4.69, 9.17) is 0 Å². The second-order valence-corrected chi connectivity index (χ2v) is 5.32. The van der Waals surface area contributed by atoms with Gasteiger partial charge in [0.1, 0.15) is 0 Å². The van der Waals surface area contributed by atoms with Gasteiger partial charge < -0.3 is 0 Å². The molecule has 62 valence electrons. The summed E-state index contributed by atoms with van der Waals surface area (Å²) < 4.78 is 4.77. The number of benzene rings is 1. The molecule has 1 aromatic carbocycles. The van der Waals surface area contributed by atoms with Crippen LogP contribution in [0.25, 0.3) is 10.2 Å². The minimum atomic E-state index is 1.23. The SMILES string of the molecule is Cc1ccc2c(c1)sc(=[Se])n2C. The Labute approximate surface area is 83.0 Å². The average molecular weight is 242 g/mol. The van der Waals surface area contributed by atoms with Crippen molar-refractivity contribution >= 4 is 37.1 Å². The Morgan fingerprint density at radius 3 is 2.92 bits per heavy atom. The summed E-state index contributed by atoms with van der Waals surface area (Å²) in [4.78, 5) is 0. The Bertz CT molecular complexity index is 481. The summed E-state index contributed by atoms with van der Waals surface area (Å²) in [5.74, 6) is 0. The Balaban J connectivity index is 2.96. The predicted octanol–water partition coefficient (Wildman–Crippen LogP) is 2.25. The zero-order valence-corrected chi connectivity index (χ0v) is 9.53. The molecule has 12 heavy (non-hydrogen) atoms. The molecular weight excluding hydrogens is 233 g/mol. The van der Waals surface area contributed by atoms with Gasteiger partial charge in [-0.05, 0) is 0 Å². The number of fused-ring (bicyclic) bond motifs is 1. The number of rotatable bonds is 0. The van der Waals surface area contributed by atoms with Crippen molar-refractivity contribution in [1.29, 1.82) is 0 Å². The summed E-state index contributed by atoms with van der Waals surface area (Å²) in [6.45, 7) is 2.12. The molecule has 0 saturated carbocycles. The molecule has 2 aromatic rings. The molecule has 0 saturated heterocycles. The average Bonchev–Trinajstić information content (AvgIpc) is 2.28. The van der Waals surface area contributed by atoms with Crippen LogP contribution in [0, 0.1) is 10.4 Å². The summed E-state index contributed by atoms with van der Waals surface area (Å²) in [6.07, 6.45) is 0. The molecule has 2 rings (SSSR count). The fourth-order valence-corrected chi connectivity index (χ4v) is 2.99. The fraction of sp³-hybridized carbons (Fsp3) is 0.222. The van der Waals surface area contributed by atoms with E-state index in [1.165, 1.54) is 19.3 Å². The van der Waals surface area contributed by atoms with Gasteiger partial charge in [0.25, 0.3) is 0 Å². The maximum atomic E-state index is 3.06. The number of hydrogen-bond acceptors (Lipinski definition) is 1. The van der Waals surface area contributed by atoms with Crippen molar-refractivity contribution < 1.29 is 0 Å². The van der Waals surface area contributed by atoms with Crippen molar-refractivity contribution in [3.05, 3.63) is 27.3 Å². The second-order valence-electron chi connectivity index (χ2n) is 2.90. The molecule has 1 heterocycles. The van der Waals surface area contributed by atoms with E-state index in [9.17, 15) is 0 Å². The summed E-state index contributed by atoms with van der Waals surface area (Å²) in [5, 5.41) is 0. The molecule has 0 amide bonds. The number of aryl methyl sites for hydroxylation is 2. The number of hydrogen-bond donors (Lipinski definition) is 0. The van der Waals surface area contributed by atoms with Crippen molar-refractivity contribution in [2.75, 3.05) is 0 Å². The van der Waals surface area contributed by atoms with Gasteiger partial charge in [-0.25, -0.2) is 0 Å². The Morgan fingerprint density at radius 2 is 2.17 bits per heavy atom. The van der Waals surface area contributed by atoms with Gasteiger partial charge in [0.05, 0.1) is 0 Å². The third-order valence-corrected chi connectivity index (χ3v) is 4.04. The van der Waals surface area contributed by atoms with Crippen LogP contribution in [-0.2, 0) is 7.05 Å². The molecule has 0 bridgehead atoms. The first kappa shape index (κ1) is 8.24. The molecular formula is C9H9NSSe. The molecule has 3 heteroatoms. The molecule has 0 atom stereocenters. The molecule has 0 unspecified atom stereocenters. The van der Waals surface area contributed by atoms with E-state index in [1.807, 2.05) is 0 Å². The Hall–Kier alpha value is -0.371.